The van der Waals surface area contributed by atoms with Gasteiger partial charge in [-0.05, 0) is 49.2 Å². The number of aromatic nitrogens is 3. The summed E-state index contributed by atoms with van der Waals surface area (Å²) in [5, 5.41) is 7.24. The normalized spacial score (nSPS) is 12.2. The molecule has 1 N–H and O–H groups in total. The quantitative estimate of drug-likeness (QED) is 0.632. The second-order valence-corrected chi connectivity index (χ2v) is 7.77. The molecular weight excluding hydrogens is 383 g/mol. The van der Waals surface area contributed by atoms with Crippen molar-refractivity contribution in [2.24, 2.45) is 0 Å². The summed E-state index contributed by atoms with van der Waals surface area (Å²) in [6, 6.07) is 10.2. The van der Waals surface area contributed by atoms with E-state index in [1.165, 1.54) is 12.4 Å². The highest BCUT2D eigenvalue weighted by Crippen LogP contribution is 2.28. The molecule has 2 aromatic carbocycles. The number of ether oxygens (including phenoxy) is 1. The number of carbonyl (C=O) groups is 1. The molecule has 0 aliphatic heterocycles. The van der Waals surface area contributed by atoms with Crippen LogP contribution >= 0.6 is 0 Å². The lowest BCUT2D eigenvalue weighted by Crippen LogP contribution is -2.35. The average molecular weight is 410 g/mol. The van der Waals surface area contributed by atoms with Crippen LogP contribution < -0.4 is 5.32 Å². The Hall–Kier alpha value is -3.06. The number of rotatable bonds is 7. The molecule has 1 amide bonds. The molecule has 0 fully saturated rings. The van der Waals surface area contributed by atoms with Gasteiger partial charge in [0, 0.05) is 30.2 Å². The maximum Gasteiger partial charge on any atom is 0.251 e. The van der Waals surface area contributed by atoms with E-state index in [0.717, 1.165) is 11.4 Å². The van der Waals surface area contributed by atoms with Crippen LogP contribution in [0.3, 0.4) is 0 Å². The van der Waals surface area contributed by atoms with Gasteiger partial charge in [0.05, 0.1) is 12.3 Å². The molecule has 7 heteroatoms. The molecule has 0 unspecified atom stereocenters. The number of nitrogens with zero attached hydrogens (tertiary/aromatic N) is 3. The largest absolute Gasteiger partial charge is 0.383 e. The van der Waals surface area contributed by atoms with Gasteiger partial charge in [0.25, 0.3) is 5.91 Å². The van der Waals surface area contributed by atoms with Gasteiger partial charge in [-0.15, -0.1) is 0 Å². The number of hydrogen-bond acceptors (Lipinski definition) is 4. The van der Waals surface area contributed by atoms with Crippen LogP contribution in [0.4, 0.5) is 4.39 Å². The maximum atomic E-state index is 14.7. The molecule has 0 aliphatic rings. The summed E-state index contributed by atoms with van der Waals surface area (Å²) >= 11 is 0. The number of halogens is 1. The summed E-state index contributed by atoms with van der Waals surface area (Å²) < 4.78 is 21.5. The lowest BCUT2D eigenvalue weighted by Gasteiger charge is -2.16. The van der Waals surface area contributed by atoms with Gasteiger partial charge in [0.2, 0.25) is 0 Å². The maximum absolute atomic E-state index is 14.7. The van der Waals surface area contributed by atoms with Crippen molar-refractivity contribution in [3.8, 4) is 16.8 Å². The average Bonchev–Trinajstić information content (AvgIpc) is 3.18. The first-order valence-corrected chi connectivity index (χ1v) is 9.91. The Labute approximate surface area is 176 Å². The fourth-order valence-corrected chi connectivity index (χ4v) is 3.32. The summed E-state index contributed by atoms with van der Waals surface area (Å²) in [6.07, 6.45) is 1.48. The Bertz CT molecular complexity index is 1050. The van der Waals surface area contributed by atoms with Gasteiger partial charge in [-0.25, -0.2) is 14.1 Å². The fraction of sp³-hybridized carbons (Fsp3) is 0.348. The molecular formula is C23H27FN4O2. The molecule has 6 nitrogen and oxygen atoms in total. The van der Waals surface area contributed by atoms with E-state index in [1.807, 2.05) is 39.8 Å². The van der Waals surface area contributed by atoms with Crippen molar-refractivity contribution in [1.82, 2.24) is 20.1 Å². The lowest BCUT2D eigenvalue weighted by molar-refractivity contribution is 0.0905. The number of hydrogen-bond donors (Lipinski definition) is 1. The van der Waals surface area contributed by atoms with E-state index >= 15 is 0 Å². The van der Waals surface area contributed by atoms with E-state index in [4.69, 9.17) is 4.74 Å². The van der Waals surface area contributed by atoms with E-state index in [0.29, 0.717) is 29.0 Å². The van der Waals surface area contributed by atoms with Crippen molar-refractivity contribution in [3.63, 3.8) is 0 Å². The van der Waals surface area contributed by atoms with Gasteiger partial charge in [0.1, 0.15) is 18.0 Å². The van der Waals surface area contributed by atoms with Crippen LogP contribution in [0.2, 0.25) is 0 Å². The predicted octanol–water partition coefficient (Wildman–Crippen LogP) is 4.27. The zero-order chi connectivity index (χ0) is 21.8. The van der Waals surface area contributed by atoms with Crippen molar-refractivity contribution in [1.29, 1.82) is 0 Å². The Balaban J connectivity index is 2.12. The fourth-order valence-electron chi connectivity index (χ4n) is 3.32. The van der Waals surface area contributed by atoms with Gasteiger partial charge in [-0.1, -0.05) is 26.0 Å². The molecule has 1 aromatic heterocycles. The second-order valence-electron chi connectivity index (χ2n) is 7.77. The first-order chi connectivity index (χ1) is 14.3. The zero-order valence-electron chi connectivity index (χ0n) is 17.9. The van der Waals surface area contributed by atoms with E-state index in [2.05, 4.69) is 15.4 Å². The first kappa shape index (κ1) is 21.6. The summed E-state index contributed by atoms with van der Waals surface area (Å²) in [5.41, 5.74) is 2.92. The number of amides is 1. The molecule has 0 radical (unpaired) electrons. The highest BCUT2D eigenvalue weighted by Gasteiger charge is 2.17. The Morgan fingerprint density at radius 2 is 1.97 bits per heavy atom. The first-order valence-electron chi connectivity index (χ1n) is 9.91. The molecule has 1 atom stereocenters. The second kappa shape index (κ2) is 9.17. The van der Waals surface area contributed by atoms with Crippen molar-refractivity contribution in [3.05, 3.63) is 65.5 Å². The molecule has 0 spiro atoms. The zero-order valence-corrected chi connectivity index (χ0v) is 17.9. The number of methoxy groups -OCH3 is 1. The number of aryl methyl sites for hydroxylation is 1. The van der Waals surface area contributed by atoms with Crippen molar-refractivity contribution < 1.29 is 13.9 Å². The van der Waals surface area contributed by atoms with Crippen LogP contribution in [0.15, 0.2) is 42.7 Å². The molecule has 30 heavy (non-hydrogen) atoms. The van der Waals surface area contributed by atoms with E-state index in [-0.39, 0.29) is 23.7 Å². The highest BCUT2D eigenvalue weighted by atomic mass is 19.1. The van der Waals surface area contributed by atoms with E-state index in [9.17, 15) is 9.18 Å². The van der Waals surface area contributed by atoms with Gasteiger partial charge >= 0.3 is 0 Å². The van der Waals surface area contributed by atoms with Crippen molar-refractivity contribution in [2.75, 3.05) is 13.7 Å². The molecule has 3 aromatic rings. The summed E-state index contributed by atoms with van der Waals surface area (Å²) in [4.78, 5) is 17.2. The SMILES string of the molecule is COC[C@@H](C)NC(=O)c1cc(-c2ccc(C)cc2F)cc(-n2ncnc2C(C)C)c1. The van der Waals surface area contributed by atoms with Crippen molar-refractivity contribution >= 4 is 5.91 Å². The minimum absolute atomic E-state index is 0.131. The molecule has 0 saturated heterocycles. The Morgan fingerprint density at radius 3 is 2.63 bits per heavy atom. The Kier molecular flexibility index (Phi) is 6.62. The molecule has 158 valence electrons. The molecule has 0 aliphatic carbocycles. The third-order valence-electron chi connectivity index (χ3n) is 4.74. The minimum atomic E-state index is -0.339. The molecule has 3 rings (SSSR count). The minimum Gasteiger partial charge on any atom is -0.383 e. The van der Waals surface area contributed by atoms with Crippen molar-refractivity contribution in [2.45, 2.75) is 39.7 Å². The molecule has 0 bridgehead atoms. The van der Waals surface area contributed by atoms with Gasteiger partial charge in [0.15, 0.2) is 0 Å². The van der Waals surface area contributed by atoms with Crippen LogP contribution in [0.1, 0.15) is 48.4 Å². The lowest BCUT2D eigenvalue weighted by atomic mass is 9.99. The smallest absolute Gasteiger partial charge is 0.251 e. The molecule has 1 heterocycles. The topological polar surface area (TPSA) is 69.0 Å². The van der Waals surface area contributed by atoms with E-state index in [1.54, 1.807) is 30.0 Å². The van der Waals surface area contributed by atoms with Gasteiger partial charge < -0.3 is 10.1 Å². The molecule has 0 saturated carbocycles. The number of benzene rings is 2. The summed E-state index contributed by atoms with van der Waals surface area (Å²) in [5.74, 6) is 0.289. The monoisotopic (exact) mass is 410 g/mol. The van der Waals surface area contributed by atoms with Gasteiger partial charge in [-0.3, -0.25) is 4.79 Å². The van der Waals surface area contributed by atoms with Crippen LogP contribution in [-0.4, -0.2) is 40.4 Å². The number of nitrogens with one attached hydrogen (secondary N) is 1. The summed E-state index contributed by atoms with van der Waals surface area (Å²) in [6.45, 7) is 8.13. The third-order valence-corrected chi connectivity index (χ3v) is 4.74. The standard InChI is InChI=1S/C23H27FN4O2/c1-14(2)22-25-13-26-28(22)19-10-17(20-7-6-15(3)8-21(20)24)9-18(11-19)23(29)27-16(4)12-30-5/h6-11,13-14,16H,12H2,1-5H3,(H,27,29)/t16-/m1/s1. The van der Waals surface area contributed by atoms with Crippen LogP contribution in [0, 0.1) is 12.7 Å². The van der Waals surface area contributed by atoms with Gasteiger partial charge in [-0.2, -0.15) is 5.10 Å². The van der Waals surface area contributed by atoms with Crippen LogP contribution in [-0.2, 0) is 4.74 Å². The highest BCUT2D eigenvalue weighted by molar-refractivity contribution is 5.96. The summed E-state index contributed by atoms with van der Waals surface area (Å²) in [7, 11) is 1.58. The predicted molar refractivity (Wildman–Crippen MR) is 114 cm³/mol. The number of carbonyl (C=O) groups excluding carboxylic acids is 1. The Morgan fingerprint density at radius 1 is 1.20 bits per heavy atom. The third kappa shape index (κ3) is 4.74. The van der Waals surface area contributed by atoms with Crippen LogP contribution in [0.5, 0.6) is 0 Å². The van der Waals surface area contributed by atoms with E-state index < -0.39 is 0 Å². The van der Waals surface area contributed by atoms with Crippen LogP contribution in [0.25, 0.3) is 16.8 Å².